The van der Waals surface area contributed by atoms with E-state index in [2.05, 4.69) is 0 Å². The summed E-state index contributed by atoms with van der Waals surface area (Å²) < 4.78 is 21.1. The standard InChI is InChI=1S/C7H10O4/c1-4(6-2-8-6)11-7-5(1)9-3-10-7/h4-7H,1-3H2/t4-,5+,6+,7-/m0/s1. The Bertz CT molecular complexity index is 156. The minimum Gasteiger partial charge on any atom is -0.370 e. The Morgan fingerprint density at radius 1 is 0.909 bits per heavy atom. The van der Waals surface area contributed by atoms with Gasteiger partial charge >= 0.3 is 0 Å². The fourth-order valence-electron chi connectivity index (χ4n) is 1.65. The SMILES string of the molecule is C1O[C@H]2O[C@H]([C@H]3CO3)C[C@H]2O1. The number of rotatable bonds is 1. The summed E-state index contributed by atoms with van der Waals surface area (Å²) in [5.41, 5.74) is 0. The molecule has 0 amide bonds. The molecule has 0 unspecified atom stereocenters. The van der Waals surface area contributed by atoms with Gasteiger partial charge in [-0.2, -0.15) is 0 Å². The highest BCUT2D eigenvalue weighted by molar-refractivity contribution is 4.89. The van der Waals surface area contributed by atoms with E-state index in [1.54, 1.807) is 0 Å². The molecule has 11 heavy (non-hydrogen) atoms. The molecule has 0 spiro atoms. The topological polar surface area (TPSA) is 40.2 Å². The Morgan fingerprint density at radius 3 is 2.55 bits per heavy atom. The molecule has 3 rings (SSSR count). The fourth-order valence-corrected chi connectivity index (χ4v) is 1.65. The molecule has 0 radical (unpaired) electrons. The van der Waals surface area contributed by atoms with Gasteiger partial charge in [0.05, 0.1) is 12.7 Å². The van der Waals surface area contributed by atoms with Gasteiger partial charge in [0, 0.05) is 6.42 Å². The molecular formula is C7H10O4. The summed E-state index contributed by atoms with van der Waals surface area (Å²) >= 11 is 0. The first-order valence-electron chi connectivity index (χ1n) is 3.94. The van der Waals surface area contributed by atoms with Crippen molar-refractivity contribution in [3.05, 3.63) is 0 Å². The Hall–Kier alpha value is -0.160. The van der Waals surface area contributed by atoms with E-state index < -0.39 is 0 Å². The second-order valence-electron chi connectivity index (χ2n) is 3.14. The smallest absolute Gasteiger partial charge is 0.187 e. The molecule has 3 heterocycles. The van der Waals surface area contributed by atoms with Crippen molar-refractivity contribution in [2.45, 2.75) is 31.0 Å². The largest absolute Gasteiger partial charge is 0.370 e. The molecule has 0 saturated carbocycles. The van der Waals surface area contributed by atoms with Gasteiger partial charge in [-0.1, -0.05) is 0 Å². The van der Waals surface area contributed by atoms with Crippen LogP contribution >= 0.6 is 0 Å². The predicted octanol–water partition coefficient (Wildman–Crippen LogP) is -0.127. The molecule has 0 N–H and O–H groups in total. The van der Waals surface area contributed by atoms with Gasteiger partial charge in [-0.15, -0.1) is 0 Å². The van der Waals surface area contributed by atoms with Gasteiger partial charge in [0.2, 0.25) is 0 Å². The number of hydrogen-bond acceptors (Lipinski definition) is 4. The minimum atomic E-state index is -0.121. The third kappa shape index (κ3) is 0.980. The van der Waals surface area contributed by atoms with Gasteiger partial charge in [0.25, 0.3) is 0 Å². The number of epoxide rings is 1. The lowest BCUT2D eigenvalue weighted by Gasteiger charge is -2.07. The molecule has 4 heteroatoms. The van der Waals surface area contributed by atoms with Crippen LogP contribution in [0.3, 0.4) is 0 Å². The van der Waals surface area contributed by atoms with Crippen LogP contribution in [0.5, 0.6) is 0 Å². The molecule has 0 aliphatic carbocycles. The summed E-state index contributed by atoms with van der Waals surface area (Å²) in [6.07, 6.45) is 1.49. The summed E-state index contributed by atoms with van der Waals surface area (Å²) in [4.78, 5) is 0. The highest BCUT2D eigenvalue weighted by atomic mass is 16.8. The molecule has 4 nitrogen and oxygen atoms in total. The zero-order chi connectivity index (χ0) is 7.26. The highest BCUT2D eigenvalue weighted by Crippen LogP contribution is 2.34. The van der Waals surface area contributed by atoms with E-state index in [4.69, 9.17) is 18.9 Å². The van der Waals surface area contributed by atoms with Crippen molar-refractivity contribution in [1.82, 2.24) is 0 Å². The van der Waals surface area contributed by atoms with E-state index in [1.807, 2.05) is 0 Å². The van der Waals surface area contributed by atoms with E-state index in [9.17, 15) is 0 Å². The first kappa shape index (κ1) is 6.37. The van der Waals surface area contributed by atoms with Gasteiger partial charge in [0.15, 0.2) is 13.1 Å². The molecule has 3 aliphatic heterocycles. The summed E-state index contributed by atoms with van der Waals surface area (Å²) in [5.74, 6) is 0. The van der Waals surface area contributed by atoms with Gasteiger partial charge in [-0.25, -0.2) is 0 Å². The van der Waals surface area contributed by atoms with Gasteiger partial charge in [-0.3, -0.25) is 0 Å². The molecule has 3 fully saturated rings. The van der Waals surface area contributed by atoms with E-state index in [1.165, 1.54) is 0 Å². The third-order valence-corrected chi connectivity index (χ3v) is 2.37. The molecular weight excluding hydrogens is 148 g/mol. The zero-order valence-corrected chi connectivity index (χ0v) is 6.06. The van der Waals surface area contributed by atoms with Crippen molar-refractivity contribution in [2.24, 2.45) is 0 Å². The van der Waals surface area contributed by atoms with Crippen LogP contribution < -0.4 is 0 Å². The zero-order valence-electron chi connectivity index (χ0n) is 6.06. The normalized spacial score (nSPS) is 54.5. The second kappa shape index (κ2) is 2.17. The van der Waals surface area contributed by atoms with Crippen LogP contribution in [0, 0.1) is 0 Å². The summed E-state index contributed by atoms with van der Waals surface area (Å²) in [7, 11) is 0. The molecule has 0 aromatic rings. The number of hydrogen-bond donors (Lipinski definition) is 0. The molecule has 0 aromatic carbocycles. The maximum Gasteiger partial charge on any atom is 0.187 e. The minimum absolute atomic E-state index is 0.121. The van der Waals surface area contributed by atoms with Crippen molar-refractivity contribution in [1.29, 1.82) is 0 Å². The van der Waals surface area contributed by atoms with Crippen LogP contribution in [0.15, 0.2) is 0 Å². The highest BCUT2D eigenvalue weighted by Gasteiger charge is 2.47. The van der Waals surface area contributed by atoms with E-state index in [-0.39, 0.29) is 18.5 Å². The fraction of sp³-hybridized carbons (Fsp3) is 1.00. The molecule has 0 bridgehead atoms. The first-order chi connectivity index (χ1) is 5.43. The lowest BCUT2D eigenvalue weighted by molar-refractivity contribution is -0.120. The van der Waals surface area contributed by atoms with Crippen LogP contribution in [-0.2, 0) is 18.9 Å². The lowest BCUT2D eigenvalue weighted by atomic mass is 10.1. The van der Waals surface area contributed by atoms with E-state index in [0.717, 1.165) is 13.0 Å². The van der Waals surface area contributed by atoms with Crippen molar-refractivity contribution in [3.8, 4) is 0 Å². The molecule has 0 aromatic heterocycles. The Morgan fingerprint density at radius 2 is 1.82 bits per heavy atom. The second-order valence-corrected chi connectivity index (χ2v) is 3.14. The first-order valence-corrected chi connectivity index (χ1v) is 3.94. The van der Waals surface area contributed by atoms with Crippen molar-refractivity contribution in [3.63, 3.8) is 0 Å². The summed E-state index contributed by atoms with van der Waals surface area (Å²) in [6, 6.07) is 0. The van der Waals surface area contributed by atoms with Crippen LogP contribution in [0.25, 0.3) is 0 Å². The predicted molar refractivity (Wildman–Crippen MR) is 33.8 cm³/mol. The van der Waals surface area contributed by atoms with Crippen molar-refractivity contribution < 1.29 is 18.9 Å². The van der Waals surface area contributed by atoms with E-state index in [0.29, 0.717) is 12.9 Å². The maximum absolute atomic E-state index is 5.54. The van der Waals surface area contributed by atoms with Gasteiger partial charge in [0.1, 0.15) is 12.2 Å². The van der Waals surface area contributed by atoms with Gasteiger partial charge in [-0.05, 0) is 0 Å². The Balaban J connectivity index is 1.67. The number of ether oxygens (including phenoxy) is 4. The monoisotopic (exact) mass is 158 g/mol. The van der Waals surface area contributed by atoms with Crippen LogP contribution in [0.1, 0.15) is 6.42 Å². The molecule has 4 atom stereocenters. The van der Waals surface area contributed by atoms with Crippen molar-refractivity contribution >= 4 is 0 Å². The van der Waals surface area contributed by atoms with Crippen LogP contribution in [0.4, 0.5) is 0 Å². The van der Waals surface area contributed by atoms with Crippen LogP contribution in [-0.4, -0.2) is 38.0 Å². The Kier molecular flexibility index (Phi) is 1.25. The third-order valence-electron chi connectivity index (χ3n) is 2.37. The maximum atomic E-state index is 5.54. The van der Waals surface area contributed by atoms with Gasteiger partial charge < -0.3 is 18.9 Å². The lowest BCUT2D eigenvalue weighted by Crippen LogP contribution is -2.17. The van der Waals surface area contributed by atoms with Crippen LogP contribution in [0.2, 0.25) is 0 Å². The summed E-state index contributed by atoms with van der Waals surface area (Å²) in [5, 5.41) is 0. The Labute approximate surface area is 64.4 Å². The molecule has 62 valence electrons. The van der Waals surface area contributed by atoms with E-state index >= 15 is 0 Å². The quantitative estimate of drug-likeness (QED) is 0.498. The average Bonchev–Trinajstić information content (AvgIpc) is 2.60. The average molecular weight is 158 g/mol. The molecule has 3 saturated heterocycles. The summed E-state index contributed by atoms with van der Waals surface area (Å²) in [6.45, 7) is 1.22. The molecule has 3 aliphatic rings. The number of fused-ring (bicyclic) bond motifs is 1. The van der Waals surface area contributed by atoms with Crippen molar-refractivity contribution in [2.75, 3.05) is 13.4 Å².